The molecule has 0 aromatic heterocycles. The molecule has 0 saturated carbocycles. The lowest BCUT2D eigenvalue weighted by molar-refractivity contribution is -0.128. The molecular formula is C12H14Cl2N2O. The maximum absolute atomic E-state index is 11.6. The van der Waals surface area contributed by atoms with Crippen LogP contribution in [0.4, 0.5) is 0 Å². The van der Waals surface area contributed by atoms with Crippen molar-refractivity contribution in [2.45, 2.75) is 18.9 Å². The van der Waals surface area contributed by atoms with Crippen molar-refractivity contribution in [2.75, 3.05) is 13.1 Å². The highest BCUT2D eigenvalue weighted by Crippen LogP contribution is 2.22. The zero-order valence-electron chi connectivity index (χ0n) is 9.33. The molecule has 1 atom stereocenters. The Kier molecular flexibility index (Phi) is 3.92. The first kappa shape index (κ1) is 12.7. The molecule has 1 aliphatic heterocycles. The number of carbonyl (C=O) groups is 1. The van der Waals surface area contributed by atoms with Crippen LogP contribution in [-0.4, -0.2) is 29.9 Å². The van der Waals surface area contributed by atoms with Crippen molar-refractivity contribution < 1.29 is 4.79 Å². The number of rotatable bonds is 3. The Labute approximate surface area is 110 Å². The molecule has 2 rings (SSSR count). The van der Waals surface area contributed by atoms with E-state index in [1.165, 1.54) is 0 Å². The average Bonchev–Trinajstić information content (AvgIpc) is 2.59. The van der Waals surface area contributed by atoms with Crippen molar-refractivity contribution in [2.24, 2.45) is 5.73 Å². The summed E-state index contributed by atoms with van der Waals surface area (Å²) in [7, 11) is 0. The lowest BCUT2D eigenvalue weighted by atomic mass is 10.1. The minimum Gasteiger partial charge on any atom is -0.341 e. The van der Waals surface area contributed by atoms with E-state index in [1.54, 1.807) is 17.0 Å². The smallest absolute Gasteiger partial charge is 0.239 e. The van der Waals surface area contributed by atoms with Crippen LogP contribution in [0.3, 0.4) is 0 Å². The average molecular weight is 273 g/mol. The van der Waals surface area contributed by atoms with E-state index in [9.17, 15) is 4.79 Å². The molecule has 3 nitrogen and oxygen atoms in total. The molecule has 0 spiro atoms. The minimum atomic E-state index is -0.323. The lowest BCUT2D eigenvalue weighted by Crippen LogP contribution is -2.35. The fourth-order valence-electron chi connectivity index (χ4n) is 1.96. The molecule has 1 unspecified atom stereocenters. The summed E-state index contributed by atoms with van der Waals surface area (Å²) >= 11 is 11.9. The molecule has 1 aromatic carbocycles. The number of likely N-dealkylation sites (tertiary alicyclic amines) is 1. The van der Waals surface area contributed by atoms with E-state index in [0.29, 0.717) is 16.6 Å². The van der Waals surface area contributed by atoms with Gasteiger partial charge in [0.2, 0.25) is 5.91 Å². The van der Waals surface area contributed by atoms with Crippen molar-refractivity contribution in [1.29, 1.82) is 0 Å². The molecule has 2 N–H and O–H groups in total. The Morgan fingerprint density at radius 2 is 2.18 bits per heavy atom. The van der Waals surface area contributed by atoms with Crippen molar-refractivity contribution in [3.63, 3.8) is 0 Å². The molecule has 5 heteroatoms. The van der Waals surface area contributed by atoms with Gasteiger partial charge in [-0.15, -0.1) is 0 Å². The number of amides is 1. The standard InChI is InChI=1S/C12H14Cl2N2O/c13-9-2-1-8(10(14)7-9)3-5-16-6-4-11(15)12(16)17/h1-2,7,11H,3-6,15H2. The van der Waals surface area contributed by atoms with Gasteiger partial charge in [-0.25, -0.2) is 0 Å². The van der Waals surface area contributed by atoms with Crippen LogP contribution >= 0.6 is 23.2 Å². The minimum absolute atomic E-state index is 0.0371. The third kappa shape index (κ3) is 2.92. The van der Waals surface area contributed by atoms with Crippen LogP contribution in [0.1, 0.15) is 12.0 Å². The number of halogens is 2. The van der Waals surface area contributed by atoms with Crippen molar-refractivity contribution in [1.82, 2.24) is 4.90 Å². The van der Waals surface area contributed by atoms with Crippen LogP contribution in [0.25, 0.3) is 0 Å². The van der Waals surface area contributed by atoms with Gasteiger partial charge >= 0.3 is 0 Å². The van der Waals surface area contributed by atoms with Crippen molar-refractivity contribution in [3.8, 4) is 0 Å². The zero-order valence-corrected chi connectivity index (χ0v) is 10.8. The summed E-state index contributed by atoms with van der Waals surface area (Å²) in [6.07, 6.45) is 1.47. The maximum atomic E-state index is 11.6. The van der Waals surface area contributed by atoms with Gasteiger partial charge in [0.1, 0.15) is 0 Å². The summed E-state index contributed by atoms with van der Waals surface area (Å²) in [5, 5.41) is 1.27. The van der Waals surface area contributed by atoms with E-state index in [2.05, 4.69) is 0 Å². The van der Waals surface area contributed by atoms with Gasteiger partial charge in [-0.05, 0) is 30.5 Å². The highest BCUT2D eigenvalue weighted by atomic mass is 35.5. The van der Waals surface area contributed by atoms with Gasteiger partial charge in [0.05, 0.1) is 6.04 Å². The molecule has 1 heterocycles. The quantitative estimate of drug-likeness (QED) is 0.916. The van der Waals surface area contributed by atoms with E-state index in [-0.39, 0.29) is 11.9 Å². The van der Waals surface area contributed by atoms with Gasteiger partial charge in [0.15, 0.2) is 0 Å². The number of carbonyl (C=O) groups excluding carboxylic acids is 1. The largest absolute Gasteiger partial charge is 0.341 e. The third-order valence-corrected chi connectivity index (χ3v) is 3.59. The van der Waals surface area contributed by atoms with Crippen molar-refractivity contribution in [3.05, 3.63) is 33.8 Å². The van der Waals surface area contributed by atoms with E-state index in [1.807, 2.05) is 6.07 Å². The number of hydrogen-bond donors (Lipinski definition) is 1. The summed E-state index contributed by atoms with van der Waals surface area (Å²) in [5.41, 5.74) is 6.66. The molecule has 1 amide bonds. The molecule has 1 fully saturated rings. The predicted molar refractivity (Wildman–Crippen MR) is 69.3 cm³/mol. The van der Waals surface area contributed by atoms with E-state index >= 15 is 0 Å². The summed E-state index contributed by atoms with van der Waals surface area (Å²) in [5.74, 6) is 0.0371. The second-order valence-corrected chi connectivity index (χ2v) is 5.05. The van der Waals surface area contributed by atoms with Crippen LogP contribution in [0.5, 0.6) is 0 Å². The van der Waals surface area contributed by atoms with Gasteiger partial charge in [-0.1, -0.05) is 29.3 Å². The molecule has 1 saturated heterocycles. The normalized spacial score (nSPS) is 20.1. The SMILES string of the molecule is NC1CCN(CCc2ccc(Cl)cc2Cl)C1=O. The molecule has 1 aliphatic rings. The first-order chi connectivity index (χ1) is 8.08. The van der Waals surface area contributed by atoms with E-state index in [0.717, 1.165) is 24.9 Å². The highest BCUT2D eigenvalue weighted by Gasteiger charge is 2.27. The molecule has 17 heavy (non-hydrogen) atoms. The number of nitrogens with two attached hydrogens (primary N) is 1. The van der Waals surface area contributed by atoms with Gasteiger partial charge in [0, 0.05) is 23.1 Å². The maximum Gasteiger partial charge on any atom is 0.239 e. The number of hydrogen-bond acceptors (Lipinski definition) is 2. The predicted octanol–water partition coefficient (Wildman–Crippen LogP) is 2.10. The van der Waals surface area contributed by atoms with Gasteiger partial charge in [-0.3, -0.25) is 4.79 Å². The second-order valence-electron chi connectivity index (χ2n) is 4.21. The van der Waals surface area contributed by atoms with E-state index in [4.69, 9.17) is 28.9 Å². The second kappa shape index (κ2) is 5.25. The Bertz CT molecular complexity index is 437. The Hall–Kier alpha value is -0.770. The molecule has 92 valence electrons. The molecule has 0 radical (unpaired) electrons. The Morgan fingerprint density at radius 3 is 2.76 bits per heavy atom. The third-order valence-electron chi connectivity index (χ3n) is 3.01. The summed E-state index contributed by atoms with van der Waals surface area (Å²) in [6.45, 7) is 1.40. The summed E-state index contributed by atoms with van der Waals surface area (Å²) < 4.78 is 0. The monoisotopic (exact) mass is 272 g/mol. The number of nitrogens with zero attached hydrogens (tertiary/aromatic N) is 1. The molecule has 0 aliphatic carbocycles. The van der Waals surface area contributed by atoms with Gasteiger partial charge < -0.3 is 10.6 Å². The number of benzene rings is 1. The molecule has 0 bridgehead atoms. The summed E-state index contributed by atoms with van der Waals surface area (Å²) in [6, 6.07) is 5.09. The van der Waals surface area contributed by atoms with Gasteiger partial charge in [-0.2, -0.15) is 0 Å². The first-order valence-corrected chi connectivity index (χ1v) is 6.32. The first-order valence-electron chi connectivity index (χ1n) is 5.56. The molecular weight excluding hydrogens is 259 g/mol. The van der Waals surface area contributed by atoms with Gasteiger partial charge in [0.25, 0.3) is 0 Å². The Balaban J connectivity index is 1.96. The van der Waals surface area contributed by atoms with E-state index < -0.39 is 0 Å². The van der Waals surface area contributed by atoms with Crippen LogP contribution in [-0.2, 0) is 11.2 Å². The molecule has 1 aromatic rings. The van der Waals surface area contributed by atoms with Crippen LogP contribution in [0.15, 0.2) is 18.2 Å². The summed E-state index contributed by atoms with van der Waals surface area (Å²) in [4.78, 5) is 13.4. The topological polar surface area (TPSA) is 46.3 Å². The lowest BCUT2D eigenvalue weighted by Gasteiger charge is -2.16. The zero-order chi connectivity index (χ0) is 12.4. The fraction of sp³-hybridized carbons (Fsp3) is 0.417. The van der Waals surface area contributed by atoms with Crippen LogP contribution < -0.4 is 5.73 Å². The van der Waals surface area contributed by atoms with Crippen molar-refractivity contribution >= 4 is 29.1 Å². The van der Waals surface area contributed by atoms with Crippen LogP contribution in [0.2, 0.25) is 10.0 Å². The Morgan fingerprint density at radius 1 is 1.41 bits per heavy atom. The van der Waals surface area contributed by atoms with Crippen LogP contribution in [0, 0.1) is 0 Å². The fourth-order valence-corrected chi connectivity index (χ4v) is 2.47. The highest BCUT2D eigenvalue weighted by molar-refractivity contribution is 6.35.